The minimum Gasteiger partial charge on any atom is -0.339 e. The second-order valence-electron chi connectivity index (χ2n) is 7.94. The predicted octanol–water partition coefficient (Wildman–Crippen LogP) is 1.35. The van der Waals surface area contributed by atoms with Gasteiger partial charge in [-0.15, -0.1) is 0 Å². The topological polar surface area (TPSA) is 83.3 Å². The number of piperidine rings is 1. The number of carbonyl (C=O) groups excluding carboxylic acids is 1. The first-order valence-electron chi connectivity index (χ1n) is 9.56. The van der Waals surface area contributed by atoms with Gasteiger partial charge in [-0.1, -0.05) is 19.0 Å². The summed E-state index contributed by atoms with van der Waals surface area (Å²) < 4.78 is 5.29. The van der Waals surface area contributed by atoms with E-state index in [0.717, 1.165) is 45.3 Å². The Kier molecular flexibility index (Phi) is 5.74. The van der Waals surface area contributed by atoms with Crippen molar-refractivity contribution in [1.29, 1.82) is 0 Å². The van der Waals surface area contributed by atoms with Gasteiger partial charge in [-0.2, -0.15) is 4.98 Å². The summed E-state index contributed by atoms with van der Waals surface area (Å²) in [5.74, 6) is 1.88. The van der Waals surface area contributed by atoms with Crippen molar-refractivity contribution in [2.45, 2.75) is 59.0 Å². The van der Waals surface area contributed by atoms with Crippen molar-refractivity contribution in [2.75, 3.05) is 26.2 Å². The van der Waals surface area contributed by atoms with E-state index in [1.54, 1.807) is 0 Å². The van der Waals surface area contributed by atoms with Gasteiger partial charge < -0.3 is 20.1 Å². The molecule has 25 heavy (non-hydrogen) atoms. The SMILES string of the molecule is CCN(Cc1noc(CC(C)C)n1)C(=O)[C@@H]1CC2(CCNCC2)CN1. The highest BCUT2D eigenvalue weighted by Gasteiger charge is 2.43. The maximum atomic E-state index is 13.0. The van der Waals surface area contributed by atoms with Gasteiger partial charge in [0.25, 0.3) is 0 Å². The van der Waals surface area contributed by atoms with Gasteiger partial charge in [-0.05, 0) is 50.6 Å². The van der Waals surface area contributed by atoms with Crippen molar-refractivity contribution in [3.63, 3.8) is 0 Å². The number of likely N-dealkylation sites (N-methyl/N-ethyl adjacent to an activating group) is 1. The van der Waals surface area contributed by atoms with E-state index in [1.165, 1.54) is 0 Å². The molecule has 0 bridgehead atoms. The Morgan fingerprint density at radius 3 is 2.84 bits per heavy atom. The number of carbonyl (C=O) groups is 1. The molecule has 7 nitrogen and oxygen atoms in total. The largest absolute Gasteiger partial charge is 0.339 e. The summed E-state index contributed by atoms with van der Waals surface area (Å²) in [6, 6.07) is -0.0833. The molecular formula is C18H31N5O2. The maximum absolute atomic E-state index is 13.0. The molecule has 1 atom stereocenters. The fourth-order valence-corrected chi connectivity index (χ4v) is 3.95. The zero-order valence-electron chi connectivity index (χ0n) is 15.7. The van der Waals surface area contributed by atoms with Crippen molar-refractivity contribution in [3.8, 4) is 0 Å². The quantitative estimate of drug-likeness (QED) is 0.807. The van der Waals surface area contributed by atoms with Crippen LogP contribution in [0.3, 0.4) is 0 Å². The van der Waals surface area contributed by atoms with Gasteiger partial charge in [0, 0.05) is 19.5 Å². The Labute approximate surface area is 149 Å². The van der Waals surface area contributed by atoms with Crippen molar-refractivity contribution < 1.29 is 9.32 Å². The molecule has 2 aliphatic rings. The summed E-state index contributed by atoms with van der Waals surface area (Å²) >= 11 is 0. The lowest BCUT2D eigenvalue weighted by atomic mass is 9.77. The van der Waals surface area contributed by atoms with Crippen molar-refractivity contribution in [3.05, 3.63) is 11.7 Å². The molecule has 2 aliphatic heterocycles. The normalized spacial score (nSPS) is 22.6. The Morgan fingerprint density at radius 1 is 1.40 bits per heavy atom. The second-order valence-corrected chi connectivity index (χ2v) is 7.94. The lowest BCUT2D eigenvalue weighted by Crippen LogP contribution is -2.43. The van der Waals surface area contributed by atoms with E-state index >= 15 is 0 Å². The minimum absolute atomic E-state index is 0.0833. The number of aromatic nitrogens is 2. The lowest BCUT2D eigenvalue weighted by molar-refractivity contribution is -0.133. The molecule has 0 aromatic carbocycles. The van der Waals surface area contributed by atoms with Crippen molar-refractivity contribution in [2.24, 2.45) is 11.3 Å². The van der Waals surface area contributed by atoms with Gasteiger partial charge in [0.1, 0.15) is 0 Å². The van der Waals surface area contributed by atoms with Gasteiger partial charge in [0.05, 0.1) is 12.6 Å². The number of hydrogen-bond acceptors (Lipinski definition) is 6. The fourth-order valence-electron chi connectivity index (χ4n) is 3.95. The molecule has 3 rings (SSSR count). The van der Waals surface area contributed by atoms with Crippen molar-refractivity contribution >= 4 is 5.91 Å². The number of amides is 1. The first-order chi connectivity index (χ1) is 12.0. The summed E-state index contributed by atoms with van der Waals surface area (Å²) in [5, 5.41) is 10.9. The molecule has 1 amide bonds. The third kappa shape index (κ3) is 4.39. The van der Waals surface area contributed by atoms with E-state index in [9.17, 15) is 4.79 Å². The van der Waals surface area contributed by atoms with Gasteiger partial charge in [-0.3, -0.25) is 4.79 Å². The third-order valence-electron chi connectivity index (χ3n) is 5.44. The van der Waals surface area contributed by atoms with Crippen LogP contribution in [0.15, 0.2) is 4.52 Å². The van der Waals surface area contributed by atoms with E-state index in [1.807, 2.05) is 11.8 Å². The van der Waals surface area contributed by atoms with Gasteiger partial charge in [0.2, 0.25) is 11.8 Å². The number of nitrogens with one attached hydrogen (secondary N) is 2. The number of rotatable bonds is 6. The first-order valence-corrected chi connectivity index (χ1v) is 9.56. The molecule has 140 valence electrons. The molecular weight excluding hydrogens is 318 g/mol. The molecule has 0 saturated carbocycles. The molecule has 2 saturated heterocycles. The average molecular weight is 349 g/mol. The van der Waals surface area contributed by atoms with E-state index in [2.05, 4.69) is 34.6 Å². The second kappa shape index (κ2) is 7.83. The van der Waals surface area contributed by atoms with Crippen LogP contribution in [-0.4, -0.2) is 53.2 Å². The summed E-state index contributed by atoms with van der Waals surface area (Å²) in [4.78, 5) is 19.2. The van der Waals surface area contributed by atoms with Gasteiger partial charge in [0.15, 0.2) is 5.82 Å². The van der Waals surface area contributed by atoms with Crippen LogP contribution in [0.25, 0.3) is 0 Å². The molecule has 3 heterocycles. The van der Waals surface area contributed by atoms with Crippen molar-refractivity contribution in [1.82, 2.24) is 25.7 Å². The maximum Gasteiger partial charge on any atom is 0.240 e. The Balaban J connectivity index is 1.59. The van der Waals surface area contributed by atoms with Crippen LogP contribution in [0.5, 0.6) is 0 Å². The molecule has 2 N–H and O–H groups in total. The van der Waals surface area contributed by atoms with Crippen LogP contribution in [0.2, 0.25) is 0 Å². The predicted molar refractivity (Wildman–Crippen MR) is 94.9 cm³/mol. The average Bonchev–Trinajstić information content (AvgIpc) is 3.20. The monoisotopic (exact) mass is 349 g/mol. The van der Waals surface area contributed by atoms with E-state index in [4.69, 9.17) is 4.52 Å². The van der Waals surface area contributed by atoms with E-state index < -0.39 is 0 Å². The molecule has 1 aromatic heterocycles. The Hall–Kier alpha value is -1.47. The third-order valence-corrected chi connectivity index (χ3v) is 5.44. The number of hydrogen-bond donors (Lipinski definition) is 2. The van der Waals surface area contributed by atoms with Crippen LogP contribution in [0, 0.1) is 11.3 Å². The highest BCUT2D eigenvalue weighted by Crippen LogP contribution is 2.37. The van der Waals surface area contributed by atoms with Crippen LogP contribution >= 0.6 is 0 Å². The smallest absolute Gasteiger partial charge is 0.240 e. The van der Waals surface area contributed by atoms with E-state index in [-0.39, 0.29) is 11.9 Å². The first kappa shape index (κ1) is 18.3. The van der Waals surface area contributed by atoms with E-state index in [0.29, 0.717) is 36.1 Å². The molecule has 0 aliphatic carbocycles. The minimum atomic E-state index is -0.0833. The van der Waals surface area contributed by atoms with Gasteiger partial charge in [-0.25, -0.2) is 0 Å². The highest BCUT2D eigenvalue weighted by atomic mass is 16.5. The fraction of sp³-hybridized carbons (Fsp3) is 0.833. The summed E-state index contributed by atoms with van der Waals surface area (Å²) in [6.07, 6.45) is 4.02. The zero-order chi connectivity index (χ0) is 17.9. The summed E-state index contributed by atoms with van der Waals surface area (Å²) in [5.41, 5.74) is 0.293. The molecule has 0 unspecified atom stereocenters. The van der Waals surface area contributed by atoms with Gasteiger partial charge >= 0.3 is 0 Å². The summed E-state index contributed by atoms with van der Waals surface area (Å²) in [6.45, 7) is 10.4. The molecule has 2 fully saturated rings. The molecule has 7 heteroatoms. The Morgan fingerprint density at radius 2 is 2.16 bits per heavy atom. The Bertz CT molecular complexity index is 580. The standard InChI is InChI=1S/C18H31N5O2/c1-4-23(11-15-21-16(25-22-15)9-13(2)3)17(24)14-10-18(12-20-14)5-7-19-8-6-18/h13-14,19-20H,4-12H2,1-3H3/t14-/m0/s1. The summed E-state index contributed by atoms with van der Waals surface area (Å²) in [7, 11) is 0. The molecule has 1 spiro atoms. The van der Waals surface area contributed by atoms with Crippen LogP contribution in [0.4, 0.5) is 0 Å². The van der Waals surface area contributed by atoms with Crippen LogP contribution in [-0.2, 0) is 17.8 Å². The lowest BCUT2D eigenvalue weighted by Gasteiger charge is -2.33. The van der Waals surface area contributed by atoms with Crippen LogP contribution in [0.1, 0.15) is 51.7 Å². The molecule has 1 aromatic rings. The zero-order valence-corrected chi connectivity index (χ0v) is 15.7. The van der Waals surface area contributed by atoms with Crippen LogP contribution < -0.4 is 10.6 Å². The molecule has 0 radical (unpaired) electrons. The number of nitrogens with zero attached hydrogens (tertiary/aromatic N) is 3. The highest BCUT2D eigenvalue weighted by molar-refractivity contribution is 5.82.